The molecule has 0 spiro atoms. The number of ether oxygens (including phenoxy) is 1. The second kappa shape index (κ2) is 10.5. The van der Waals surface area contributed by atoms with Crippen molar-refractivity contribution in [2.75, 3.05) is 26.7 Å². The molecule has 1 aliphatic heterocycles. The van der Waals surface area contributed by atoms with Gasteiger partial charge >= 0.3 is 6.03 Å². The van der Waals surface area contributed by atoms with Gasteiger partial charge in [0, 0.05) is 31.5 Å². The third kappa shape index (κ3) is 6.52. The van der Waals surface area contributed by atoms with Gasteiger partial charge in [0.05, 0.1) is 13.2 Å². The van der Waals surface area contributed by atoms with Gasteiger partial charge in [-0.3, -0.25) is 0 Å². The first kappa shape index (κ1) is 22.2. The Morgan fingerprint density at radius 2 is 1.83 bits per heavy atom. The van der Waals surface area contributed by atoms with Crippen LogP contribution in [0.3, 0.4) is 0 Å². The predicted molar refractivity (Wildman–Crippen MR) is 120 cm³/mol. The van der Waals surface area contributed by atoms with Crippen molar-refractivity contribution >= 4 is 6.03 Å². The molecule has 1 fully saturated rings. The number of hydrogen-bond acceptors (Lipinski definition) is 3. The second-order valence-electron chi connectivity index (χ2n) is 8.84. The van der Waals surface area contributed by atoms with Gasteiger partial charge in [0.2, 0.25) is 0 Å². The second-order valence-corrected chi connectivity index (χ2v) is 8.84. The maximum Gasteiger partial charge on any atom is 0.318 e. The Kier molecular flexibility index (Phi) is 7.80. The van der Waals surface area contributed by atoms with E-state index in [4.69, 9.17) is 4.74 Å². The third-order valence-electron chi connectivity index (χ3n) is 5.62. The molecule has 1 aliphatic rings. The lowest BCUT2D eigenvalue weighted by Crippen LogP contribution is -2.48. The fourth-order valence-electron chi connectivity index (χ4n) is 3.65. The topological polar surface area (TPSA) is 49.7 Å². The van der Waals surface area contributed by atoms with E-state index in [1.807, 2.05) is 36.3 Å². The van der Waals surface area contributed by atoms with Crippen molar-refractivity contribution in [1.82, 2.24) is 19.7 Å². The molecule has 1 N–H and O–H groups in total. The van der Waals surface area contributed by atoms with Crippen LogP contribution >= 0.6 is 0 Å². The molecule has 3 rings (SSSR count). The minimum absolute atomic E-state index is 0.00545. The molecule has 30 heavy (non-hydrogen) atoms. The zero-order chi connectivity index (χ0) is 21.5. The number of carbonyl (C=O) groups excluding carboxylic acids is 1. The van der Waals surface area contributed by atoms with E-state index in [9.17, 15) is 4.79 Å². The summed E-state index contributed by atoms with van der Waals surface area (Å²) in [7, 11) is 4.15. The SMILES string of the molecule is CC(C)COc1ccc(CN(Cc2cccn2C)C(=O)NC2CCN(C)CC2)cc1. The smallest absolute Gasteiger partial charge is 0.318 e. The maximum absolute atomic E-state index is 13.1. The van der Waals surface area contributed by atoms with E-state index in [0.717, 1.165) is 42.9 Å². The molecule has 2 aromatic rings. The molecule has 0 bridgehead atoms. The monoisotopic (exact) mass is 412 g/mol. The van der Waals surface area contributed by atoms with Crippen molar-refractivity contribution in [3.63, 3.8) is 0 Å². The van der Waals surface area contributed by atoms with E-state index in [2.05, 4.69) is 53.9 Å². The molecule has 6 heteroatoms. The van der Waals surface area contributed by atoms with Crippen LogP contribution in [0.1, 0.15) is 37.9 Å². The van der Waals surface area contributed by atoms with Crippen LogP contribution in [0.5, 0.6) is 5.75 Å². The van der Waals surface area contributed by atoms with Crippen molar-refractivity contribution in [1.29, 1.82) is 0 Å². The predicted octanol–water partition coefficient (Wildman–Crippen LogP) is 3.87. The highest BCUT2D eigenvalue weighted by Gasteiger charge is 2.22. The van der Waals surface area contributed by atoms with Crippen molar-refractivity contribution in [2.45, 2.75) is 45.8 Å². The van der Waals surface area contributed by atoms with Crippen molar-refractivity contribution in [3.8, 4) is 5.75 Å². The minimum atomic E-state index is 0.00545. The Hall–Kier alpha value is -2.47. The number of likely N-dealkylation sites (tertiary alicyclic amines) is 1. The lowest BCUT2D eigenvalue weighted by molar-refractivity contribution is 0.175. The number of aryl methyl sites for hydroxylation is 1. The Morgan fingerprint density at radius 1 is 1.13 bits per heavy atom. The fourth-order valence-corrected chi connectivity index (χ4v) is 3.65. The van der Waals surface area contributed by atoms with E-state index in [1.165, 1.54) is 0 Å². The minimum Gasteiger partial charge on any atom is -0.493 e. The zero-order valence-electron chi connectivity index (χ0n) is 18.8. The zero-order valence-corrected chi connectivity index (χ0v) is 18.8. The van der Waals surface area contributed by atoms with Gasteiger partial charge in [-0.25, -0.2) is 4.79 Å². The first-order valence-electron chi connectivity index (χ1n) is 11.0. The third-order valence-corrected chi connectivity index (χ3v) is 5.62. The molecule has 2 heterocycles. The average Bonchev–Trinajstić information content (AvgIpc) is 3.13. The van der Waals surface area contributed by atoms with Gasteiger partial charge in [0.15, 0.2) is 0 Å². The standard InChI is InChI=1S/C24H36N4O2/c1-19(2)18-30-23-9-7-20(8-10-23)16-28(17-22-6-5-13-27(22)4)24(29)25-21-11-14-26(3)15-12-21/h5-10,13,19,21H,11-12,14-18H2,1-4H3,(H,25,29). The Balaban J connectivity index is 1.66. The number of nitrogens with zero attached hydrogens (tertiary/aromatic N) is 3. The molecule has 1 aromatic carbocycles. The molecule has 1 saturated heterocycles. The number of carbonyl (C=O) groups is 1. The van der Waals surface area contributed by atoms with Gasteiger partial charge in [0.25, 0.3) is 0 Å². The molecule has 6 nitrogen and oxygen atoms in total. The molecule has 0 unspecified atom stereocenters. The average molecular weight is 413 g/mol. The fraction of sp³-hybridized carbons (Fsp3) is 0.542. The van der Waals surface area contributed by atoms with E-state index >= 15 is 0 Å². The van der Waals surface area contributed by atoms with Crippen LogP contribution in [0.25, 0.3) is 0 Å². The highest BCUT2D eigenvalue weighted by molar-refractivity contribution is 5.74. The highest BCUT2D eigenvalue weighted by Crippen LogP contribution is 2.17. The molecular weight excluding hydrogens is 376 g/mol. The van der Waals surface area contributed by atoms with Crippen molar-refractivity contribution < 1.29 is 9.53 Å². The summed E-state index contributed by atoms with van der Waals surface area (Å²) >= 11 is 0. The first-order valence-corrected chi connectivity index (χ1v) is 11.0. The molecular formula is C24H36N4O2. The number of hydrogen-bond donors (Lipinski definition) is 1. The summed E-state index contributed by atoms with van der Waals surface area (Å²) in [6.07, 6.45) is 4.02. The Morgan fingerprint density at radius 3 is 2.43 bits per heavy atom. The number of amides is 2. The van der Waals surface area contributed by atoms with Gasteiger partial charge in [-0.05, 0) is 68.7 Å². The van der Waals surface area contributed by atoms with Crippen molar-refractivity contribution in [2.24, 2.45) is 13.0 Å². The highest BCUT2D eigenvalue weighted by atomic mass is 16.5. The van der Waals surface area contributed by atoms with Gasteiger partial charge in [-0.2, -0.15) is 0 Å². The summed E-state index contributed by atoms with van der Waals surface area (Å²) in [5.41, 5.74) is 2.21. The summed E-state index contributed by atoms with van der Waals surface area (Å²) in [6.45, 7) is 8.18. The quantitative estimate of drug-likeness (QED) is 0.716. The normalized spacial score (nSPS) is 15.4. The van der Waals surface area contributed by atoms with Crippen LogP contribution in [-0.2, 0) is 20.1 Å². The van der Waals surface area contributed by atoms with Gasteiger partial charge in [-0.1, -0.05) is 26.0 Å². The Labute approximate surface area is 180 Å². The molecule has 1 aromatic heterocycles. The van der Waals surface area contributed by atoms with Crippen LogP contribution in [0.15, 0.2) is 42.6 Å². The molecule has 2 amide bonds. The lowest BCUT2D eigenvalue weighted by Gasteiger charge is -2.32. The molecule has 0 atom stereocenters. The molecule has 0 saturated carbocycles. The van der Waals surface area contributed by atoms with Crippen LogP contribution in [0.4, 0.5) is 4.79 Å². The van der Waals surface area contributed by atoms with E-state index < -0.39 is 0 Å². The van der Waals surface area contributed by atoms with Gasteiger partial charge in [0.1, 0.15) is 5.75 Å². The van der Waals surface area contributed by atoms with E-state index in [-0.39, 0.29) is 12.1 Å². The molecule has 0 aliphatic carbocycles. The summed E-state index contributed by atoms with van der Waals surface area (Å²) in [6, 6.07) is 12.4. The number of urea groups is 1. The molecule has 164 valence electrons. The largest absolute Gasteiger partial charge is 0.493 e. The van der Waals surface area contributed by atoms with Crippen LogP contribution in [0.2, 0.25) is 0 Å². The van der Waals surface area contributed by atoms with Crippen LogP contribution < -0.4 is 10.1 Å². The summed E-state index contributed by atoms with van der Waals surface area (Å²) in [5.74, 6) is 1.37. The van der Waals surface area contributed by atoms with E-state index in [1.54, 1.807) is 0 Å². The summed E-state index contributed by atoms with van der Waals surface area (Å²) < 4.78 is 7.85. The lowest BCUT2D eigenvalue weighted by atomic mass is 10.1. The van der Waals surface area contributed by atoms with Gasteiger partial charge < -0.3 is 24.4 Å². The summed E-state index contributed by atoms with van der Waals surface area (Å²) in [4.78, 5) is 17.4. The van der Waals surface area contributed by atoms with Gasteiger partial charge in [-0.15, -0.1) is 0 Å². The van der Waals surface area contributed by atoms with Crippen LogP contribution in [0, 0.1) is 5.92 Å². The number of benzene rings is 1. The number of aromatic nitrogens is 1. The Bertz CT molecular complexity index is 792. The molecule has 0 radical (unpaired) electrons. The number of piperidine rings is 1. The number of nitrogens with one attached hydrogen (secondary N) is 1. The van der Waals surface area contributed by atoms with E-state index in [0.29, 0.717) is 25.6 Å². The first-order chi connectivity index (χ1) is 14.4. The van der Waals surface area contributed by atoms with Crippen molar-refractivity contribution in [3.05, 3.63) is 53.9 Å². The summed E-state index contributed by atoms with van der Waals surface area (Å²) in [5, 5.41) is 3.26. The maximum atomic E-state index is 13.1. The van der Waals surface area contributed by atoms with Crippen LogP contribution in [-0.4, -0.2) is 53.2 Å². The number of rotatable bonds is 8.